The van der Waals surface area contributed by atoms with Crippen LogP contribution >= 0.6 is 15.9 Å². The molecular weight excluding hydrogens is 480 g/mol. The molecule has 5 heteroatoms. The lowest BCUT2D eigenvalue weighted by Gasteiger charge is -2.31. The Morgan fingerprint density at radius 3 is 1.79 bits per heavy atom. The van der Waals surface area contributed by atoms with Crippen LogP contribution in [-0.4, -0.2) is 36.4 Å². The van der Waals surface area contributed by atoms with Crippen molar-refractivity contribution in [3.8, 4) is 0 Å². The average Bonchev–Trinajstić information content (AvgIpc) is 3.01. The van der Waals surface area contributed by atoms with E-state index in [0.29, 0.717) is 33.0 Å². The summed E-state index contributed by atoms with van der Waals surface area (Å²) in [5.74, 6) is 0. The monoisotopic (exact) mass is 510 g/mol. The van der Waals surface area contributed by atoms with Gasteiger partial charge in [-0.15, -0.1) is 0 Å². The van der Waals surface area contributed by atoms with Crippen LogP contribution in [0.1, 0.15) is 23.1 Å². The van der Waals surface area contributed by atoms with E-state index in [4.69, 9.17) is 18.9 Å². The van der Waals surface area contributed by atoms with Crippen molar-refractivity contribution >= 4 is 15.9 Å². The van der Waals surface area contributed by atoms with E-state index in [1.807, 2.05) is 54.6 Å². The molecule has 4 nitrogen and oxygen atoms in total. The molecule has 1 heterocycles. The minimum absolute atomic E-state index is 0.119. The minimum Gasteiger partial charge on any atom is -0.374 e. The van der Waals surface area contributed by atoms with Crippen molar-refractivity contribution in [1.29, 1.82) is 0 Å². The third-order valence-electron chi connectivity index (χ3n) is 5.70. The molecule has 0 aliphatic carbocycles. The maximum Gasteiger partial charge on any atom is 0.112 e. The molecule has 0 bridgehead atoms. The van der Waals surface area contributed by atoms with Crippen molar-refractivity contribution in [1.82, 2.24) is 0 Å². The number of hydrogen-bond acceptors (Lipinski definition) is 4. The number of hydrogen-bond donors (Lipinski definition) is 0. The lowest BCUT2D eigenvalue weighted by molar-refractivity contribution is -0.151. The number of ether oxygens (including phenoxy) is 4. The molecule has 0 spiro atoms. The average molecular weight is 511 g/mol. The van der Waals surface area contributed by atoms with Crippen LogP contribution in [0.5, 0.6) is 0 Å². The van der Waals surface area contributed by atoms with Gasteiger partial charge in [0.2, 0.25) is 0 Å². The molecule has 3 aromatic rings. The van der Waals surface area contributed by atoms with E-state index >= 15 is 0 Å². The zero-order valence-corrected chi connectivity index (χ0v) is 20.3. The standard InChI is InChI=1S/C28H31BrO4/c29-25-16-26(31-18-23-12-6-2-7-13-23)28(33-19-24-14-8-3-9-15-24)27(32-20-25)21-30-17-22-10-4-1-5-11-22/h1-15,25-28H,16-21H2/t25?,26-,27-,28+/m1/s1. The molecule has 0 radical (unpaired) electrons. The summed E-state index contributed by atoms with van der Waals surface area (Å²) >= 11 is 3.76. The lowest BCUT2D eigenvalue weighted by atomic mass is 10.0. The summed E-state index contributed by atoms with van der Waals surface area (Å²) in [6.45, 7) is 2.62. The second kappa shape index (κ2) is 13.0. The second-order valence-electron chi connectivity index (χ2n) is 8.30. The zero-order chi connectivity index (χ0) is 22.7. The van der Waals surface area contributed by atoms with Crippen LogP contribution in [0.2, 0.25) is 0 Å². The fraction of sp³-hybridized carbons (Fsp3) is 0.357. The van der Waals surface area contributed by atoms with Gasteiger partial charge in [-0.3, -0.25) is 0 Å². The van der Waals surface area contributed by atoms with Gasteiger partial charge in [0.25, 0.3) is 0 Å². The summed E-state index contributed by atoms with van der Waals surface area (Å²) in [6, 6.07) is 30.7. The number of halogens is 1. The fourth-order valence-corrected chi connectivity index (χ4v) is 4.47. The van der Waals surface area contributed by atoms with Gasteiger partial charge >= 0.3 is 0 Å². The third-order valence-corrected chi connectivity index (χ3v) is 6.34. The Bertz CT molecular complexity index is 922. The first-order chi connectivity index (χ1) is 16.3. The third kappa shape index (κ3) is 7.76. The number of benzene rings is 3. The van der Waals surface area contributed by atoms with Crippen LogP contribution in [0.4, 0.5) is 0 Å². The van der Waals surface area contributed by atoms with Crippen LogP contribution < -0.4 is 0 Å². The molecule has 0 amide bonds. The Kier molecular flexibility index (Phi) is 9.51. The van der Waals surface area contributed by atoms with E-state index in [2.05, 4.69) is 52.3 Å². The van der Waals surface area contributed by atoms with E-state index < -0.39 is 0 Å². The van der Waals surface area contributed by atoms with Crippen LogP contribution in [-0.2, 0) is 38.8 Å². The van der Waals surface area contributed by atoms with Crippen molar-refractivity contribution in [3.05, 3.63) is 108 Å². The largest absolute Gasteiger partial charge is 0.374 e. The number of rotatable bonds is 10. The molecule has 1 aliphatic rings. The first-order valence-corrected chi connectivity index (χ1v) is 12.4. The molecule has 4 rings (SSSR count). The molecule has 0 N–H and O–H groups in total. The molecule has 33 heavy (non-hydrogen) atoms. The maximum atomic E-state index is 6.46. The first-order valence-electron chi connectivity index (χ1n) is 11.5. The second-order valence-corrected chi connectivity index (χ2v) is 9.60. The van der Waals surface area contributed by atoms with E-state index in [0.717, 1.165) is 23.1 Å². The molecule has 1 saturated heterocycles. The van der Waals surface area contributed by atoms with Crippen molar-refractivity contribution in [2.45, 2.75) is 49.4 Å². The molecule has 3 aromatic carbocycles. The van der Waals surface area contributed by atoms with Crippen LogP contribution in [0, 0.1) is 0 Å². The molecule has 1 unspecified atom stereocenters. The summed E-state index contributed by atoms with van der Waals surface area (Å²) in [7, 11) is 0. The smallest absolute Gasteiger partial charge is 0.112 e. The number of alkyl halides is 1. The Labute approximate surface area is 205 Å². The quantitative estimate of drug-likeness (QED) is 0.317. The summed E-state index contributed by atoms with van der Waals surface area (Å²) in [6.07, 6.45) is 0.223. The Balaban J connectivity index is 1.45. The highest BCUT2D eigenvalue weighted by Gasteiger charge is 2.37. The van der Waals surface area contributed by atoms with Gasteiger partial charge in [-0.1, -0.05) is 107 Å². The van der Waals surface area contributed by atoms with Crippen LogP contribution in [0.15, 0.2) is 91.0 Å². The Morgan fingerprint density at radius 2 is 1.21 bits per heavy atom. The van der Waals surface area contributed by atoms with Gasteiger partial charge in [0.15, 0.2) is 0 Å². The molecule has 1 fully saturated rings. The lowest BCUT2D eigenvalue weighted by Crippen LogP contribution is -2.43. The van der Waals surface area contributed by atoms with Gasteiger partial charge in [-0.25, -0.2) is 0 Å². The summed E-state index contributed by atoms with van der Waals surface area (Å²) in [5, 5.41) is 0. The Hall–Kier alpha value is -2.02. The van der Waals surface area contributed by atoms with Crippen molar-refractivity contribution in [2.75, 3.05) is 13.2 Å². The van der Waals surface area contributed by atoms with Gasteiger partial charge < -0.3 is 18.9 Å². The Morgan fingerprint density at radius 1 is 0.697 bits per heavy atom. The van der Waals surface area contributed by atoms with E-state index in [1.54, 1.807) is 0 Å². The van der Waals surface area contributed by atoms with Crippen LogP contribution in [0.25, 0.3) is 0 Å². The zero-order valence-electron chi connectivity index (χ0n) is 18.7. The highest BCUT2D eigenvalue weighted by Crippen LogP contribution is 2.27. The van der Waals surface area contributed by atoms with Crippen molar-refractivity contribution < 1.29 is 18.9 Å². The molecule has 174 valence electrons. The van der Waals surface area contributed by atoms with Crippen molar-refractivity contribution in [2.24, 2.45) is 0 Å². The van der Waals surface area contributed by atoms with Gasteiger partial charge in [0, 0.05) is 4.83 Å². The fourth-order valence-electron chi connectivity index (χ4n) is 3.95. The summed E-state index contributed by atoms with van der Waals surface area (Å²) in [5.41, 5.74) is 3.42. The predicted octanol–water partition coefficient (Wildman–Crippen LogP) is 5.93. The van der Waals surface area contributed by atoms with Gasteiger partial charge in [0.05, 0.1) is 39.1 Å². The molecule has 1 aliphatic heterocycles. The van der Waals surface area contributed by atoms with Crippen molar-refractivity contribution in [3.63, 3.8) is 0 Å². The molecular formula is C28H31BrO4. The first kappa shape index (κ1) is 24.1. The van der Waals surface area contributed by atoms with E-state index in [9.17, 15) is 0 Å². The molecule has 0 saturated carbocycles. The summed E-state index contributed by atoms with van der Waals surface area (Å²) in [4.78, 5) is 0.195. The van der Waals surface area contributed by atoms with Gasteiger partial charge in [0.1, 0.15) is 12.2 Å². The maximum absolute atomic E-state index is 6.46. The molecule has 0 aromatic heterocycles. The minimum atomic E-state index is -0.243. The summed E-state index contributed by atoms with van der Waals surface area (Å²) < 4.78 is 25.2. The van der Waals surface area contributed by atoms with Crippen LogP contribution in [0.3, 0.4) is 0 Å². The highest BCUT2D eigenvalue weighted by atomic mass is 79.9. The normalized spacial score (nSPS) is 23.2. The van der Waals surface area contributed by atoms with E-state index in [-0.39, 0.29) is 23.1 Å². The predicted molar refractivity (Wildman–Crippen MR) is 133 cm³/mol. The molecule has 4 atom stereocenters. The highest BCUT2D eigenvalue weighted by molar-refractivity contribution is 9.09. The SMILES string of the molecule is BrC1CO[C@H](COCc2ccccc2)[C@@H](OCc2ccccc2)[C@H](OCc2ccccc2)C1. The van der Waals surface area contributed by atoms with E-state index in [1.165, 1.54) is 0 Å². The topological polar surface area (TPSA) is 36.9 Å². The van der Waals surface area contributed by atoms with Gasteiger partial charge in [-0.05, 0) is 23.1 Å². The van der Waals surface area contributed by atoms with Gasteiger partial charge in [-0.2, -0.15) is 0 Å².